The van der Waals surface area contributed by atoms with E-state index in [4.69, 9.17) is 0 Å². The van der Waals surface area contributed by atoms with E-state index in [1.54, 1.807) is 0 Å². The standard InChI is InChI=1S/C63H48N2S/c1-41-18-17-19-42(2)58(41)44-32-37-49(38-33-44)64(48-35-30-43(31-36-48)46-34-39-57-53(40-46)50-24-12-15-28-55(50)65(57)47-22-9-6-10-23-47)56-29-16-13-26-52(56)59-60-62(66-61(59)45-20-7-5-8-21-45)51-25-11-14-27-54(51)63(60,3)4/h5-40H,1-4H3. The molecule has 2 heterocycles. The molecule has 0 atom stereocenters. The topological polar surface area (TPSA) is 8.17 Å². The normalized spacial score (nSPS) is 12.7. The summed E-state index contributed by atoms with van der Waals surface area (Å²) >= 11 is 1.94. The summed E-state index contributed by atoms with van der Waals surface area (Å²) in [5.41, 5.74) is 22.1. The molecule has 11 aromatic rings. The first-order valence-electron chi connectivity index (χ1n) is 22.9. The lowest BCUT2D eigenvalue weighted by atomic mass is 9.79. The average Bonchev–Trinajstić information content (AvgIpc) is 3.99. The van der Waals surface area contributed by atoms with Gasteiger partial charge in [-0.25, -0.2) is 0 Å². The SMILES string of the molecule is Cc1cccc(C)c1-c1ccc(N(c2ccc(-c3ccc4c(c3)c3ccccc3n4-c3ccccc3)cc2)c2ccccc2-c2c(-c3ccccc3)sc3c2C(C)(C)c2ccccc2-3)cc1. The number of nitrogens with zero attached hydrogens (tertiary/aromatic N) is 2. The smallest absolute Gasteiger partial charge is 0.0541 e. The molecule has 0 N–H and O–H groups in total. The lowest BCUT2D eigenvalue weighted by molar-refractivity contribution is 0.663. The van der Waals surface area contributed by atoms with Gasteiger partial charge in [-0.15, -0.1) is 11.3 Å². The quantitative estimate of drug-likeness (QED) is 0.148. The lowest BCUT2D eigenvalue weighted by Crippen LogP contribution is -2.16. The Hall–Kier alpha value is -7.72. The van der Waals surface area contributed by atoms with Crippen molar-refractivity contribution in [3.63, 3.8) is 0 Å². The average molecular weight is 865 g/mol. The van der Waals surface area contributed by atoms with Crippen molar-refractivity contribution in [2.24, 2.45) is 0 Å². The minimum Gasteiger partial charge on any atom is -0.310 e. The van der Waals surface area contributed by atoms with E-state index in [1.165, 1.54) is 104 Å². The predicted octanol–water partition coefficient (Wildman–Crippen LogP) is 17.9. The third kappa shape index (κ3) is 6.37. The fourth-order valence-electron chi connectivity index (χ4n) is 10.8. The highest BCUT2D eigenvalue weighted by Crippen LogP contribution is 2.60. The summed E-state index contributed by atoms with van der Waals surface area (Å²) in [6.45, 7) is 9.24. The molecule has 0 fully saturated rings. The number of anilines is 3. The number of thiophene rings is 1. The van der Waals surface area contributed by atoms with Crippen molar-refractivity contribution in [3.8, 4) is 59.9 Å². The third-order valence-electron chi connectivity index (χ3n) is 13.9. The lowest BCUT2D eigenvalue weighted by Gasteiger charge is -2.30. The Morgan fingerprint density at radius 1 is 0.424 bits per heavy atom. The summed E-state index contributed by atoms with van der Waals surface area (Å²) in [7, 11) is 0. The van der Waals surface area contributed by atoms with Gasteiger partial charge in [-0.2, -0.15) is 0 Å². The minimum absolute atomic E-state index is 0.189. The maximum Gasteiger partial charge on any atom is 0.0541 e. The molecule has 1 aliphatic rings. The van der Waals surface area contributed by atoms with Gasteiger partial charge in [0.1, 0.15) is 0 Å². The molecule has 0 bridgehead atoms. The van der Waals surface area contributed by atoms with Crippen molar-refractivity contribution in [1.82, 2.24) is 4.57 Å². The molecule has 9 aromatic carbocycles. The summed E-state index contributed by atoms with van der Waals surface area (Å²) < 4.78 is 2.38. The fourth-order valence-corrected chi connectivity index (χ4v) is 12.3. The van der Waals surface area contributed by atoms with Crippen LogP contribution in [0.1, 0.15) is 36.1 Å². The first-order chi connectivity index (χ1) is 32.3. The minimum atomic E-state index is -0.189. The van der Waals surface area contributed by atoms with Gasteiger partial charge < -0.3 is 9.47 Å². The summed E-state index contributed by atoms with van der Waals surface area (Å²) in [4.78, 5) is 5.15. The molecule has 66 heavy (non-hydrogen) atoms. The Balaban J connectivity index is 1.03. The third-order valence-corrected chi connectivity index (χ3v) is 15.1. The Morgan fingerprint density at radius 2 is 1.00 bits per heavy atom. The van der Waals surface area contributed by atoms with Gasteiger partial charge in [0.05, 0.1) is 16.7 Å². The van der Waals surface area contributed by atoms with Crippen LogP contribution in [0.2, 0.25) is 0 Å². The van der Waals surface area contributed by atoms with Crippen molar-refractivity contribution < 1.29 is 0 Å². The van der Waals surface area contributed by atoms with E-state index >= 15 is 0 Å². The zero-order valence-electron chi connectivity index (χ0n) is 37.6. The molecule has 0 amide bonds. The number of aryl methyl sites for hydroxylation is 2. The van der Waals surface area contributed by atoms with E-state index in [2.05, 4.69) is 256 Å². The molecular formula is C63H48N2S. The van der Waals surface area contributed by atoms with Crippen LogP contribution in [0, 0.1) is 13.8 Å². The summed E-state index contributed by atoms with van der Waals surface area (Å²) in [6.07, 6.45) is 0. The number of fused-ring (bicyclic) bond motifs is 6. The zero-order chi connectivity index (χ0) is 44.5. The molecule has 0 saturated heterocycles. The summed E-state index contributed by atoms with van der Waals surface area (Å²) in [6, 6.07) is 80.4. The molecular weight excluding hydrogens is 817 g/mol. The largest absolute Gasteiger partial charge is 0.310 e. The fraction of sp³-hybridized carbons (Fsp3) is 0.0794. The number of benzene rings is 9. The maximum absolute atomic E-state index is 2.47. The van der Waals surface area contributed by atoms with Gasteiger partial charge in [-0.3, -0.25) is 0 Å². The highest BCUT2D eigenvalue weighted by molar-refractivity contribution is 7.20. The van der Waals surface area contributed by atoms with Crippen LogP contribution in [-0.4, -0.2) is 4.57 Å². The second-order valence-corrected chi connectivity index (χ2v) is 19.2. The van der Waals surface area contributed by atoms with Crippen molar-refractivity contribution in [3.05, 3.63) is 241 Å². The van der Waals surface area contributed by atoms with Crippen LogP contribution < -0.4 is 4.90 Å². The van der Waals surface area contributed by atoms with Crippen molar-refractivity contribution >= 4 is 50.2 Å². The molecule has 0 aliphatic heterocycles. The molecule has 12 rings (SSSR count). The Labute approximate surface area is 391 Å². The van der Waals surface area contributed by atoms with E-state index in [-0.39, 0.29) is 5.41 Å². The Bertz CT molecular complexity index is 3590. The van der Waals surface area contributed by atoms with E-state index in [9.17, 15) is 0 Å². The summed E-state index contributed by atoms with van der Waals surface area (Å²) in [5.74, 6) is 0. The maximum atomic E-state index is 2.47. The highest BCUT2D eigenvalue weighted by Gasteiger charge is 2.41. The monoisotopic (exact) mass is 864 g/mol. The number of hydrogen-bond donors (Lipinski definition) is 0. The van der Waals surface area contributed by atoms with Gasteiger partial charge in [0, 0.05) is 54.1 Å². The van der Waals surface area contributed by atoms with Gasteiger partial charge in [0.25, 0.3) is 0 Å². The van der Waals surface area contributed by atoms with Crippen LogP contribution in [0.15, 0.2) is 218 Å². The first-order valence-corrected chi connectivity index (χ1v) is 23.7. The Kier molecular flexibility index (Phi) is 9.52. The second-order valence-electron chi connectivity index (χ2n) is 18.2. The van der Waals surface area contributed by atoms with E-state index in [1.807, 2.05) is 11.3 Å². The summed E-state index contributed by atoms with van der Waals surface area (Å²) in [5, 5.41) is 2.50. The van der Waals surface area contributed by atoms with Gasteiger partial charge in [-0.05, 0) is 130 Å². The van der Waals surface area contributed by atoms with Gasteiger partial charge in [0.2, 0.25) is 0 Å². The van der Waals surface area contributed by atoms with Crippen LogP contribution in [0.4, 0.5) is 17.1 Å². The number of hydrogen-bond acceptors (Lipinski definition) is 2. The van der Waals surface area contributed by atoms with Crippen LogP contribution in [0.5, 0.6) is 0 Å². The molecule has 0 radical (unpaired) electrons. The van der Waals surface area contributed by atoms with Gasteiger partial charge in [-0.1, -0.05) is 172 Å². The second kappa shape index (κ2) is 15.8. The highest BCUT2D eigenvalue weighted by atomic mass is 32.1. The van der Waals surface area contributed by atoms with E-state index < -0.39 is 0 Å². The molecule has 1 aliphatic carbocycles. The molecule has 316 valence electrons. The van der Waals surface area contributed by atoms with Crippen LogP contribution in [0.25, 0.3) is 81.8 Å². The number of para-hydroxylation sites is 3. The Morgan fingerprint density at radius 3 is 1.73 bits per heavy atom. The first kappa shape index (κ1) is 39.8. The van der Waals surface area contributed by atoms with Crippen LogP contribution in [-0.2, 0) is 5.41 Å². The zero-order valence-corrected chi connectivity index (χ0v) is 38.4. The molecule has 2 nitrogen and oxygen atoms in total. The van der Waals surface area contributed by atoms with Crippen molar-refractivity contribution in [2.45, 2.75) is 33.1 Å². The molecule has 3 heteroatoms. The number of rotatable bonds is 8. The van der Waals surface area contributed by atoms with E-state index in [0.717, 1.165) is 17.1 Å². The molecule has 2 aromatic heterocycles. The number of aromatic nitrogens is 1. The van der Waals surface area contributed by atoms with Crippen LogP contribution >= 0.6 is 11.3 Å². The van der Waals surface area contributed by atoms with Gasteiger partial charge >= 0.3 is 0 Å². The molecule has 0 saturated carbocycles. The van der Waals surface area contributed by atoms with Crippen molar-refractivity contribution in [2.75, 3.05) is 4.90 Å². The van der Waals surface area contributed by atoms with Crippen molar-refractivity contribution in [1.29, 1.82) is 0 Å². The molecule has 0 spiro atoms. The molecule has 0 unspecified atom stereocenters. The van der Waals surface area contributed by atoms with Crippen LogP contribution in [0.3, 0.4) is 0 Å². The van der Waals surface area contributed by atoms with Gasteiger partial charge in [0.15, 0.2) is 0 Å². The van der Waals surface area contributed by atoms with E-state index in [0.29, 0.717) is 0 Å². The predicted molar refractivity (Wildman–Crippen MR) is 282 cm³/mol.